The lowest BCUT2D eigenvalue weighted by atomic mass is 9.99. The molecule has 29 heavy (non-hydrogen) atoms. The van der Waals surface area contributed by atoms with Crippen LogP contribution in [0.5, 0.6) is 0 Å². The molecule has 13 heteroatoms. The molecule has 2 N–H and O–H groups in total. The lowest BCUT2D eigenvalue weighted by molar-refractivity contribution is -0.384. The van der Waals surface area contributed by atoms with E-state index in [1.54, 1.807) is 0 Å². The molecule has 11 nitrogen and oxygen atoms in total. The number of rotatable bonds is 8. The summed E-state index contributed by atoms with van der Waals surface area (Å²) in [6.07, 6.45) is 3.26. The van der Waals surface area contributed by atoms with Crippen LogP contribution in [-0.4, -0.2) is 70.7 Å². The van der Waals surface area contributed by atoms with Crippen LogP contribution < -0.4 is 10.6 Å². The third-order valence-electron chi connectivity index (χ3n) is 4.56. The molecule has 1 aromatic rings. The summed E-state index contributed by atoms with van der Waals surface area (Å²) >= 11 is 0. The van der Waals surface area contributed by atoms with Crippen molar-refractivity contribution < 1.29 is 26.6 Å². The minimum atomic E-state index is -3.58. The lowest BCUT2D eigenvalue weighted by Gasteiger charge is -2.30. The average molecular weight is 449 g/mol. The number of carbonyl (C=O) groups is 1. The lowest BCUT2D eigenvalue weighted by Crippen LogP contribution is -2.45. The van der Waals surface area contributed by atoms with Gasteiger partial charge in [-0.3, -0.25) is 14.9 Å². The number of nitrogens with one attached hydrogen (secondary N) is 2. The van der Waals surface area contributed by atoms with Crippen molar-refractivity contribution in [2.45, 2.75) is 17.7 Å². The summed E-state index contributed by atoms with van der Waals surface area (Å²) in [4.78, 5) is 22.6. The topological polar surface area (TPSA) is 156 Å². The van der Waals surface area contributed by atoms with Gasteiger partial charge in [-0.05, 0) is 25.0 Å². The van der Waals surface area contributed by atoms with E-state index >= 15 is 0 Å². The summed E-state index contributed by atoms with van der Waals surface area (Å²) in [5, 5.41) is 16.7. The van der Waals surface area contributed by atoms with Gasteiger partial charge in [-0.25, -0.2) is 21.1 Å². The van der Waals surface area contributed by atoms with E-state index in [0.717, 1.165) is 18.6 Å². The van der Waals surface area contributed by atoms with Crippen molar-refractivity contribution in [3.8, 4) is 0 Å². The zero-order valence-corrected chi connectivity index (χ0v) is 17.8. The number of carbonyl (C=O) groups excluding carboxylic acids is 1. The number of nitro benzene ring substituents is 1. The Labute approximate surface area is 169 Å². The molecule has 1 atom stereocenters. The van der Waals surface area contributed by atoms with Crippen LogP contribution in [0.15, 0.2) is 23.1 Å². The van der Waals surface area contributed by atoms with Crippen LogP contribution in [0, 0.1) is 16.0 Å². The summed E-state index contributed by atoms with van der Waals surface area (Å²) in [6.45, 7) is 0.875. The molecule has 0 saturated carbocycles. The van der Waals surface area contributed by atoms with Crippen molar-refractivity contribution in [2.24, 2.45) is 5.92 Å². The SMILES string of the molecule is CS(=O)(=O)c1ccc(NCCNC(=O)C2CCCN(S(C)(=O)=O)C2)c([N+](=O)[O-])c1. The molecule has 1 amide bonds. The first-order chi connectivity index (χ1) is 13.4. The van der Waals surface area contributed by atoms with Crippen molar-refractivity contribution in [3.05, 3.63) is 28.3 Å². The zero-order valence-electron chi connectivity index (χ0n) is 16.1. The van der Waals surface area contributed by atoms with Gasteiger partial charge in [-0.15, -0.1) is 0 Å². The summed E-state index contributed by atoms with van der Waals surface area (Å²) in [5.74, 6) is -0.719. The summed E-state index contributed by atoms with van der Waals surface area (Å²) in [5.41, 5.74) is -0.243. The fourth-order valence-electron chi connectivity index (χ4n) is 3.03. The molecule has 0 spiro atoms. The molecule has 0 aliphatic carbocycles. The largest absolute Gasteiger partial charge is 0.378 e. The Morgan fingerprint density at radius 2 is 1.93 bits per heavy atom. The Morgan fingerprint density at radius 3 is 2.52 bits per heavy atom. The van der Waals surface area contributed by atoms with Crippen molar-refractivity contribution in [3.63, 3.8) is 0 Å². The molecule has 0 radical (unpaired) electrons. The number of piperidine rings is 1. The van der Waals surface area contributed by atoms with Gasteiger partial charge in [0.15, 0.2) is 9.84 Å². The van der Waals surface area contributed by atoms with E-state index in [1.807, 2.05) is 0 Å². The highest BCUT2D eigenvalue weighted by Crippen LogP contribution is 2.27. The highest BCUT2D eigenvalue weighted by Gasteiger charge is 2.29. The van der Waals surface area contributed by atoms with Gasteiger partial charge in [0.05, 0.1) is 22.0 Å². The zero-order chi connectivity index (χ0) is 21.8. The number of amides is 1. The van der Waals surface area contributed by atoms with Crippen LogP contribution >= 0.6 is 0 Å². The Balaban J connectivity index is 1.92. The number of hydrogen-bond donors (Lipinski definition) is 2. The van der Waals surface area contributed by atoms with Gasteiger partial charge in [-0.1, -0.05) is 0 Å². The second-order valence-corrected chi connectivity index (χ2v) is 10.9. The molecule has 1 fully saturated rings. The van der Waals surface area contributed by atoms with Crippen LogP contribution in [0.4, 0.5) is 11.4 Å². The third-order valence-corrected chi connectivity index (χ3v) is 6.94. The van der Waals surface area contributed by atoms with E-state index in [4.69, 9.17) is 0 Å². The number of sulfonamides is 1. The summed E-state index contributed by atoms with van der Waals surface area (Å²) in [7, 11) is -6.92. The maximum atomic E-state index is 12.3. The molecular formula is C16H24N4O7S2. The Bertz CT molecular complexity index is 993. The highest BCUT2D eigenvalue weighted by atomic mass is 32.2. The summed E-state index contributed by atoms with van der Waals surface area (Å²) in [6, 6.07) is 3.56. The molecule has 1 aliphatic rings. The molecule has 1 aromatic carbocycles. The number of anilines is 1. The van der Waals surface area contributed by atoms with E-state index in [1.165, 1.54) is 16.4 Å². The van der Waals surface area contributed by atoms with E-state index in [9.17, 15) is 31.7 Å². The number of nitro groups is 1. The van der Waals surface area contributed by atoms with Crippen LogP contribution in [0.3, 0.4) is 0 Å². The van der Waals surface area contributed by atoms with Gasteiger partial charge in [0.1, 0.15) is 5.69 Å². The van der Waals surface area contributed by atoms with E-state index in [0.29, 0.717) is 19.4 Å². The van der Waals surface area contributed by atoms with Crippen molar-refractivity contribution in [1.29, 1.82) is 0 Å². The average Bonchev–Trinajstić information content (AvgIpc) is 2.63. The number of benzene rings is 1. The molecule has 1 saturated heterocycles. The standard InChI is InChI=1S/C16H24N4O7S2/c1-28(24,25)13-5-6-14(15(10-13)20(22)23)17-7-8-18-16(21)12-4-3-9-19(11-12)29(2,26)27/h5-6,10,12,17H,3-4,7-9,11H2,1-2H3,(H,18,21). The maximum Gasteiger partial charge on any atom is 0.293 e. The van der Waals surface area contributed by atoms with Gasteiger partial charge >= 0.3 is 0 Å². The van der Waals surface area contributed by atoms with Gasteiger partial charge in [0, 0.05) is 38.5 Å². The van der Waals surface area contributed by atoms with Crippen LogP contribution in [0.2, 0.25) is 0 Å². The van der Waals surface area contributed by atoms with Gasteiger partial charge in [-0.2, -0.15) is 0 Å². The fraction of sp³-hybridized carbons (Fsp3) is 0.562. The predicted molar refractivity (Wildman–Crippen MR) is 107 cm³/mol. The van der Waals surface area contributed by atoms with Gasteiger partial charge in [0.25, 0.3) is 5.69 Å². The molecule has 162 valence electrons. The molecule has 1 unspecified atom stereocenters. The van der Waals surface area contributed by atoms with Crippen LogP contribution in [0.25, 0.3) is 0 Å². The van der Waals surface area contributed by atoms with Crippen LogP contribution in [0.1, 0.15) is 12.8 Å². The van der Waals surface area contributed by atoms with Crippen LogP contribution in [-0.2, 0) is 24.7 Å². The fourth-order valence-corrected chi connectivity index (χ4v) is 4.58. The minimum absolute atomic E-state index is 0.135. The quantitative estimate of drug-likeness (QED) is 0.324. The first-order valence-electron chi connectivity index (χ1n) is 8.85. The molecule has 0 bridgehead atoms. The molecule has 2 rings (SSSR count). The molecule has 1 heterocycles. The Hall–Kier alpha value is -2.25. The van der Waals surface area contributed by atoms with Crippen molar-refractivity contribution >= 4 is 37.1 Å². The predicted octanol–water partition coefficient (Wildman–Crippen LogP) is 0.198. The molecule has 1 aliphatic heterocycles. The molecular weight excluding hydrogens is 424 g/mol. The monoisotopic (exact) mass is 448 g/mol. The normalized spacial score (nSPS) is 18.2. The van der Waals surface area contributed by atoms with Gasteiger partial charge in [0.2, 0.25) is 15.9 Å². The first-order valence-corrected chi connectivity index (χ1v) is 12.6. The van der Waals surface area contributed by atoms with Crippen molar-refractivity contribution in [2.75, 3.05) is 44.0 Å². The Kier molecular flexibility index (Phi) is 7.19. The second-order valence-electron chi connectivity index (χ2n) is 6.89. The molecule has 0 aromatic heterocycles. The maximum absolute atomic E-state index is 12.3. The summed E-state index contributed by atoms with van der Waals surface area (Å²) < 4.78 is 47.7. The van der Waals surface area contributed by atoms with E-state index in [2.05, 4.69) is 10.6 Å². The Morgan fingerprint density at radius 1 is 1.24 bits per heavy atom. The smallest absolute Gasteiger partial charge is 0.293 e. The second kappa shape index (κ2) is 9.05. The van der Waals surface area contributed by atoms with Crippen molar-refractivity contribution in [1.82, 2.24) is 9.62 Å². The first kappa shape index (κ1) is 23.0. The number of hydrogen-bond acceptors (Lipinski definition) is 8. The van der Waals surface area contributed by atoms with E-state index < -0.39 is 30.7 Å². The third kappa shape index (κ3) is 6.37. The number of sulfone groups is 1. The van der Waals surface area contributed by atoms with E-state index in [-0.39, 0.29) is 41.8 Å². The number of nitrogens with zero attached hydrogens (tertiary/aromatic N) is 2. The minimum Gasteiger partial charge on any atom is -0.378 e. The van der Waals surface area contributed by atoms with Gasteiger partial charge < -0.3 is 10.6 Å². The highest BCUT2D eigenvalue weighted by molar-refractivity contribution is 7.90.